The van der Waals surface area contributed by atoms with E-state index in [9.17, 15) is 4.79 Å². The van der Waals surface area contributed by atoms with Crippen molar-refractivity contribution in [2.75, 3.05) is 0 Å². The van der Waals surface area contributed by atoms with Crippen molar-refractivity contribution >= 4 is 5.97 Å². The molecule has 0 aromatic carbocycles. The van der Waals surface area contributed by atoms with Gasteiger partial charge in [0.05, 0.1) is 5.92 Å². The number of carboxylic acids is 1. The Morgan fingerprint density at radius 1 is 1.70 bits per heavy atom. The van der Waals surface area contributed by atoms with Gasteiger partial charge in [-0.05, 0) is 12.8 Å². The van der Waals surface area contributed by atoms with Crippen molar-refractivity contribution in [1.82, 2.24) is 0 Å². The zero-order chi connectivity index (χ0) is 7.56. The molecule has 1 rings (SSSR count). The topological polar surface area (TPSA) is 37.3 Å². The Labute approximate surface area is 59.9 Å². The zero-order valence-corrected chi connectivity index (χ0v) is 5.71. The van der Waals surface area contributed by atoms with E-state index in [-0.39, 0.29) is 5.92 Å². The van der Waals surface area contributed by atoms with E-state index in [0.29, 0.717) is 6.42 Å². The summed E-state index contributed by atoms with van der Waals surface area (Å²) in [6.45, 7) is 3.68. The number of carbonyl (C=O) groups is 1. The monoisotopic (exact) mass is 138 g/mol. The average Bonchev–Trinajstić information content (AvgIpc) is 1.88. The molecular weight excluding hydrogens is 128 g/mol. The quantitative estimate of drug-likeness (QED) is 0.559. The Morgan fingerprint density at radius 2 is 2.40 bits per heavy atom. The van der Waals surface area contributed by atoms with Gasteiger partial charge in [-0.3, -0.25) is 4.79 Å². The summed E-state index contributed by atoms with van der Waals surface area (Å²) >= 11 is 0. The van der Waals surface area contributed by atoms with Crippen LogP contribution in [0.15, 0.2) is 24.3 Å². The maximum atomic E-state index is 10.5. The molecule has 0 aromatic rings. The van der Waals surface area contributed by atoms with E-state index in [1.54, 1.807) is 0 Å². The van der Waals surface area contributed by atoms with Gasteiger partial charge in [0.2, 0.25) is 0 Å². The smallest absolute Gasteiger partial charge is 0.310 e. The maximum Gasteiger partial charge on any atom is 0.310 e. The fraction of sp³-hybridized carbons (Fsp3) is 0.375. The molecule has 0 saturated carbocycles. The lowest BCUT2D eigenvalue weighted by molar-refractivity contribution is -0.140. The number of rotatable bonds is 1. The Hall–Kier alpha value is -1.05. The summed E-state index contributed by atoms with van der Waals surface area (Å²) in [4.78, 5) is 10.5. The Morgan fingerprint density at radius 3 is 2.80 bits per heavy atom. The average molecular weight is 138 g/mol. The minimum atomic E-state index is -0.755. The maximum absolute atomic E-state index is 10.5. The first kappa shape index (κ1) is 7.06. The Kier molecular flexibility index (Phi) is 1.90. The number of hydrogen-bond donors (Lipinski definition) is 1. The van der Waals surface area contributed by atoms with E-state index in [4.69, 9.17) is 5.11 Å². The van der Waals surface area contributed by atoms with Crippen molar-refractivity contribution in [3.63, 3.8) is 0 Å². The van der Waals surface area contributed by atoms with Crippen molar-refractivity contribution < 1.29 is 9.90 Å². The molecule has 1 N–H and O–H groups in total. The molecule has 0 saturated heterocycles. The molecule has 2 heteroatoms. The van der Waals surface area contributed by atoms with E-state index in [1.165, 1.54) is 0 Å². The van der Waals surface area contributed by atoms with Crippen LogP contribution in [0.1, 0.15) is 12.8 Å². The highest BCUT2D eigenvalue weighted by molar-refractivity contribution is 5.74. The number of aliphatic carboxylic acids is 1. The van der Waals surface area contributed by atoms with Crippen LogP contribution >= 0.6 is 0 Å². The van der Waals surface area contributed by atoms with Crippen LogP contribution in [-0.2, 0) is 4.79 Å². The third kappa shape index (κ3) is 1.26. The van der Waals surface area contributed by atoms with Crippen LogP contribution in [0.2, 0.25) is 0 Å². The zero-order valence-electron chi connectivity index (χ0n) is 5.71. The molecule has 0 amide bonds. The second-order valence-corrected chi connectivity index (χ2v) is 2.46. The van der Waals surface area contributed by atoms with E-state index in [1.807, 2.05) is 12.2 Å². The van der Waals surface area contributed by atoms with Gasteiger partial charge in [0, 0.05) is 0 Å². The van der Waals surface area contributed by atoms with Crippen LogP contribution in [0.3, 0.4) is 0 Å². The fourth-order valence-corrected chi connectivity index (χ4v) is 1.05. The van der Waals surface area contributed by atoms with Gasteiger partial charge < -0.3 is 5.11 Å². The highest BCUT2D eigenvalue weighted by atomic mass is 16.4. The van der Waals surface area contributed by atoms with Crippen LogP contribution in [0.5, 0.6) is 0 Å². The molecule has 1 aliphatic carbocycles. The molecule has 54 valence electrons. The van der Waals surface area contributed by atoms with Gasteiger partial charge in [-0.1, -0.05) is 24.3 Å². The molecule has 1 atom stereocenters. The summed E-state index contributed by atoms with van der Waals surface area (Å²) in [5.74, 6) is -1.10. The SMILES string of the molecule is C=C1CC=CCC1C(=O)O. The summed E-state index contributed by atoms with van der Waals surface area (Å²) in [6, 6.07) is 0. The number of hydrogen-bond acceptors (Lipinski definition) is 1. The Bertz CT molecular complexity index is 191. The van der Waals surface area contributed by atoms with Gasteiger partial charge in [-0.15, -0.1) is 0 Å². The van der Waals surface area contributed by atoms with Crippen LogP contribution in [0.25, 0.3) is 0 Å². The van der Waals surface area contributed by atoms with E-state index in [2.05, 4.69) is 6.58 Å². The molecule has 10 heavy (non-hydrogen) atoms. The van der Waals surface area contributed by atoms with Gasteiger partial charge in [0.25, 0.3) is 0 Å². The van der Waals surface area contributed by atoms with Crippen molar-refractivity contribution in [1.29, 1.82) is 0 Å². The summed E-state index contributed by atoms with van der Waals surface area (Å²) in [5, 5.41) is 8.61. The van der Waals surface area contributed by atoms with Crippen molar-refractivity contribution in [3.8, 4) is 0 Å². The molecule has 0 bridgehead atoms. The van der Waals surface area contributed by atoms with Gasteiger partial charge in [0.1, 0.15) is 0 Å². The van der Waals surface area contributed by atoms with E-state index < -0.39 is 5.97 Å². The van der Waals surface area contributed by atoms with Gasteiger partial charge >= 0.3 is 5.97 Å². The second-order valence-electron chi connectivity index (χ2n) is 2.46. The first-order valence-corrected chi connectivity index (χ1v) is 3.27. The lowest BCUT2D eigenvalue weighted by Gasteiger charge is -2.15. The molecule has 0 aliphatic heterocycles. The molecule has 0 spiro atoms. The highest BCUT2D eigenvalue weighted by Crippen LogP contribution is 2.22. The van der Waals surface area contributed by atoms with Crippen molar-refractivity contribution in [2.45, 2.75) is 12.8 Å². The molecule has 0 heterocycles. The van der Waals surface area contributed by atoms with Gasteiger partial charge in [0.15, 0.2) is 0 Å². The van der Waals surface area contributed by atoms with Crippen LogP contribution in [-0.4, -0.2) is 11.1 Å². The first-order valence-electron chi connectivity index (χ1n) is 3.27. The predicted octanol–water partition coefficient (Wildman–Crippen LogP) is 1.59. The predicted molar refractivity (Wildman–Crippen MR) is 38.6 cm³/mol. The minimum Gasteiger partial charge on any atom is -0.481 e. The van der Waals surface area contributed by atoms with Crippen LogP contribution < -0.4 is 0 Å². The van der Waals surface area contributed by atoms with Gasteiger partial charge in [-0.25, -0.2) is 0 Å². The van der Waals surface area contributed by atoms with Crippen molar-refractivity contribution in [2.24, 2.45) is 5.92 Å². The lowest BCUT2D eigenvalue weighted by atomic mass is 9.90. The minimum absolute atomic E-state index is 0.343. The molecule has 0 radical (unpaired) electrons. The lowest BCUT2D eigenvalue weighted by Crippen LogP contribution is -2.16. The highest BCUT2D eigenvalue weighted by Gasteiger charge is 2.20. The first-order chi connectivity index (χ1) is 4.72. The molecular formula is C8H10O2. The molecule has 0 fully saturated rings. The largest absolute Gasteiger partial charge is 0.481 e. The fourth-order valence-electron chi connectivity index (χ4n) is 1.05. The summed E-state index contributed by atoms with van der Waals surface area (Å²) in [7, 11) is 0. The molecule has 0 aromatic heterocycles. The second kappa shape index (κ2) is 2.69. The summed E-state index contributed by atoms with van der Waals surface area (Å²) in [5.41, 5.74) is 0.815. The standard InChI is InChI=1S/C8H10O2/c1-6-4-2-3-5-7(6)8(9)10/h2-3,7H,1,4-5H2,(H,9,10). The molecule has 1 aliphatic rings. The van der Waals surface area contributed by atoms with E-state index in [0.717, 1.165) is 12.0 Å². The van der Waals surface area contributed by atoms with Crippen LogP contribution in [0.4, 0.5) is 0 Å². The Balaban J connectivity index is 2.68. The van der Waals surface area contributed by atoms with Crippen LogP contribution in [0, 0.1) is 5.92 Å². The number of allylic oxidation sites excluding steroid dienone is 2. The van der Waals surface area contributed by atoms with Crippen molar-refractivity contribution in [3.05, 3.63) is 24.3 Å². The third-order valence-electron chi connectivity index (χ3n) is 1.71. The number of carboxylic acid groups (broad SMARTS) is 1. The normalized spacial score (nSPS) is 24.8. The van der Waals surface area contributed by atoms with E-state index >= 15 is 0 Å². The summed E-state index contributed by atoms with van der Waals surface area (Å²) < 4.78 is 0. The van der Waals surface area contributed by atoms with Gasteiger partial charge in [-0.2, -0.15) is 0 Å². The third-order valence-corrected chi connectivity index (χ3v) is 1.71. The molecule has 1 unspecified atom stereocenters. The summed E-state index contributed by atoms with van der Waals surface area (Å²) in [6.07, 6.45) is 5.18. The molecule has 2 nitrogen and oxygen atoms in total.